The second-order valence-corrected chi connectivity index (χ2v) is 6.59. The van der Waals surface area contributed by atoms with E-state index < -0.39 is 6.04 Å². The number of imide groups is 1. The molecular formula is C18H19ClN2O3. The monoisotopic (exact) mass is 346 g/mol. The van der Waals surface area contributed by atoms with Crippen molar-refractivity contribution in [2.45, 2.75) is 32.4 Å². The van der Waals surface area contributed by atoms with Crippen molar-refractivity contribution in [2.24, 2.45) is 11.8 Å². The number of likely N-dealkylation sites (tertiary alicyclic amines) is 1. The predicted molar refractivity (Wildman–Crippen MR) is 90.0 cm³/mol. The lowest BCUT2D eigenvalue weighted by Gasteiger charge is -2.22. The van der Waals surface area contributed by atoms with Gasteiger partial charge >= 0.3 is 0 Å². The number of rotatable bonds is 4. The molecule has 126 valence electrons. The minimum Gasteiger partial charge on any atom is -0.350 e. The first-order valence-corrected chi connectivity index (χ1v) is 8.41. The Morgan fingerprint density at radius 3 is 2.38 bits per heavy atom. The molecule has 2 aliphatic rings. The van der Waals surface area contributed by atoms with E-state index in [0.717, 1.165) is 10.5 Å². The van der Waals surface area contributed by atoms with Gasteiger partial charge in [-0.25, -0.2) is 0 Å². The fourth-order valence-electron chi connectivity index (χ4n) is 3.30. The van der Waals surface area contributed by atoms with Crippen molar-refractivity contribution in [2.75, 3.05) is 0 Å². The molecule has 1 saturated heterocycles. The highest BCUT2D eigenvalue weighted by Gasteiger charge is 2.49. The number of hydrogen-bond donors (Lipinski definition) is 1. The van der Waals surface area contributed by atoms with Crippen molar-refractivity contribution >= 4 is 29.3 Å². The lowest BCUT2D eigenvalue weighted by molar-refractivity contribution is -0.147. The zero-order valence-electron chi connectivity index (χ0n) is 13.4. The van der Waals surface area contributed by atoms with Crippen LogP contribution in [0.5, 0.6) is 0 Å². The maximum atomic E-state index is 12.5. The highest BCUT2D eigenvalue weighted by molar-refractivity contribution is 6.31. The third-order valence-electron chi connectivity index (χ3n) is 4.72. The maximum absolute atomic E-state index is 12.5. The summed E-state index contributed by atoms with van der Waals surface area (Å²) in [5.74, 6) is -1.48. The summed E-state index contributed by atoms with van der Waals surface area (Å²) in [6.45, 7) is 1.84. The van der Waals surface area contributed by atoms with E-state index in [1.54, 1.807) is 13.0 Å². The molecule has 0 unspecified atom stereocenters. The van der Waals surface area contributed by atoms with Crippen LogP contribution in [0, 0.1) is 11.8 Å². The van der Waals surface area contributed by atoms with Crippen LogP contribution in [0.4, 0.5) is 0 Å². The molecule has 0 bridgehead atoms. The van der Waals surface area contributed by atoms with Gasteiger partial charge in [0.1, 0.15) is 6.04 Å². The van der Waals surface area contributed by atoms with Crippen molar-refractivity contribution in [3.63, 3.8) is 0 Å². The molecule has 3 atom stereocenters. The zero-order valence-corrected chi connectivity index (χ0v) is 14.1. The van der Waals surface area contributed by atoms with Crippen LogP contribution in [0.15, 0.2) is 36.4 Å². The minimum atomic E-state index is -0.821. The first-order chi connectivity index (χ1) is 11.5. The van der Waals surface area contributed by atoms with E-state index in [9.17, 15) is 14.4 Å². The Hall–Kier alpha value is -2.14. The summed E-state index contributed by atoms with van der Waals surface area (Å²) in [7, 11) is 0. The molecule has 3 amide bonds. The quantitative estimate of drug-likeness (QED) is 0.672. The number of carbonyl (C=O) groups excluding carboxylic acids is 3. The van der Waals surface area contributed by atoms with E-state index in [0.29, 0.717) is 17.9 Å². The summed E-state index contributed by atoms with van der Waals surface area (Å²) >= 11 is 6.07. The highest BCUT2D eigenvalue weighted by atomic mass is 35.5. The van der Waals surface area contributed by atoms with Crippen LogP contribution >= 0.6 is 11.6 Å². The highest BCUT2D eigenvalue weighted by Crippen LogP contribution is 2.36. The molecule has 1 aliphatic heterocycles. The van der Waals surface area contributed by atoms with Gasteiger partial charge in [-0.2, -0.15) is 0 Å². The topological polar surface area (TPSA) is 66.5 Å². The van der Waals surface area contributed by atoms with E-state index in [1.807, 2.05) is 30.4 Å². The summed E-state index contributed by atoms with van der Waals surface area (Å²) < 4.78 is 0. The van der Waals surface area contributed by atoms with Crippen molar-refractivity contribution in [1.29, 1.82) is 0 Å². The summed E-state index contributed by atoms with van der Waals surface area (Å²) in [6, 6.07) is 6.39. The Morgan fingerprint density at radius 2 is 1.79 bits per heavy atom. The normalized spacial score (nSPS) is 24.0. The average Bonchev–Trinajstić information content (AvgIpc) is 2.85. The number of nitrogens with zero attached hydrogens (tertiary/aromatic N) is 1. The fourth-order valence-corrected chi connectivity index (χ4v) is 3.50. The third-order valence-corrected chi connectivity index (χ3v) is 5.09. The van der Waals surface area contributed by atoms with Crippen LogP contribution in [-0.4, -0.2) is 28.7 Å². The molecule has 1 heterocycles. The van der Waals surface area contributed by atoms with Crippen molar-refractivity contribution in [3.8, 4) is 0 Å². The predicted octanol–water partition coefficient (Wildman–Crippen LogP) is 2.30. The van der Waals surface area contributed by atoms with Gasteiger partial charge in [-0.1, -0.05) is 42.0 Å². The summed E-state index contributed by atoms with van der Waals surface area (Å²) in [5.41, 5.74) is 0.789. The molecule has 1 aliphatic carbocycles. The van der Waals surface area contributed by atoms with E-state index in [4.69, 9.17) is 11.6 Å². The van der Waals surface area contributed by atoms with Gasteiger partial charge in [0.2, 0.25) is 17.7 Å². The Labute approximate surface area is 145 Å². The van der Waals surface area contributed by atoms with Gasteiger partial charge in [-0.3, -0.25) is 19.3 Å². The van der Waals surface area contributed by atoms with Crippen LogP contribution in [0.1, 0.15) is 25.3 Å². The molecule has 1 fully saturated rings. The SMILES string of the molecule is C[C@@H](C(=O)NCc1ccccc1Cl)N1C(=O)[C@H]2CC=CC[C@@H]2C1=O. The van der Waals surface area contributed by atoms with Gasteiger partial charge in [-0.05, 0) is 31.4 Å². The van der Waals surface area contributed by atoms with Crippen LogP contribution in [0.3, 0.4) is 0 Å². The second kappa shape index (κ2) is 6.77. The molecule has 1 aromatic carbocycles. The van der Waals surface area contributed by atoms with Crippen LogP contribution < -0.4 is 5.32 Å². The Morgan fingerprint density at radius 1 is 1.21 bits per heavy atom. The molecule has 0 radical (unpaired) electrons. The van der Waals surface area contributed by atoms with E-state index in [2.05, 4.69) is 5.32 Å². The van der Waals surface area contributed by atoms with Gasteiger partial charge in [-0.15, -0.1) is 0 Å². The molecule has 0 saturated carbocycles. The van der Waals surface area contributed by atoms with E-state index >= 15 is 0 Å². The molecular weight excluding hydrogens is 328 g/mol. The fraction of sp³-hybridized carbons (Fsp3) is 0.389. The first-order valence-electron chi connectivity index (χ1n) is 8.03. The number of halogens is 1. The largest absolute Gasteiger partial charge is 0.350 e. The molecule has 1 N–H and O–H groups in total. The van der Waals surface area contributed by atoms with Gasteiger partial charge in [0.25, 0.3) is 0 Å². The minimum absolute atomic E-state index is 0.241. The van der Waals surface area contributed by atoms with Gasteiger partial charge < -0.3 is 5.32 Å². The number of allylic oxidation sites excluding steroid dienone is 2. The third kappa shape index (κ3) is 2.96. The van der Waals surface area contributed by atoms with Gasteiger partial charge in [0, 0.05) is 11.6 Å². The van der Waals surface area contributed by atoms with Crippen molar-refractivity contribution < 1.29 is 14.4 Å². The van der Waals surface area contributed by atoms with Crippen molar-refractivity contribution in [3.05, 3.63) is 47.0 Å². The second-order valence-electron chi connectivity index (χ2n) is 6.19. The number of carbonyl (C=O) groups is 3. The molecule has 3 rings (SSSR count). The molecule has 0 aromatic heterocycles. The number of hydrogen-bond acceptors (Lipinski definition) is 3. The molecule has 6 heteroatoms. The van der Waals surface area contributed by atoms with Crippen LogP contribution in [-0.2, 0) is 20.9 Å². The first kappa shape index (κ1) is 16.7. The van der Waals surface area contributed by atoms with E-state index in [1.165, 1.54) is 0 Å². The van der Waals surface area contributed by atoms with Crippen molar-refractivity contribution in [1.82, 2.24) is 10.2 Å². The molecule has 0 spiro atoms. The summed E-state index contributed by atoms with van der Waals surface area (Å²) in [6.07, 6.45) is 5.00. The zero-order chi connectivity index (χ0) is 17.3. The Balaban J connectivity index is 1.66. The number of fused-ring (bicyclic) bond motifs is 1. The number of benzene rings is 1. The smallest absolute Gasteiger partial charge is 0.243 e. The van der Waals surface area contributed by atoms with E-state index in [-0.39, 0.29) is 36.1 Å². The lowest BCUT2D eigenvalue weighted by Crippen LogP contribution is -2.48. The van der Waals surface area contributed by atoms with Gasteiger partial charge in [0.05, 0.1) is 11.8 Å². The summed E-state index contributed by atoms with van der Waals surface area (Å²) in [5, 5.41) is 3.32. The molecule has 5 nitrogen and oxygen atoms in total. The molecule has 1 aromatic rings. The van der Waals surface area contributed by atoms with Crippen LogP contribution in [0.25, 0.3) is 0 Å². The molecule has 24 heavy (non-hydrogen) atoms. The Bertz CT molecular complexity index is 690. The van der Waals surface area contributed by atoms with Gasteiger partial charge in [0.15, 0.2) is 0 Å². The average molecular weight is 347 g/mol. The number of amides is 3. The Kier molecular flexibility index (Phi) is 4.71. The standard InChI is InChI=1S/C18H19ClN2O3/c1-11(16(22)20-10-12-6-2-5-9-15(12)19)21-17(23)13-7-3-4-8-14(13)18(21)24/h2-6,9,11,13-14H,7-8,10H2,1H3,(H,20,22)/t11-,13-,14-/m0/s1. The lowest BCUT2D eigenvalue weighted by atomic mass is 9.85. The summed E-state index contributed by atoms with van der Waals surface area (Å²) in [4.78, 5) is 38.5. The number of nitrogens with one attached hydrogen (secondary N) is 1. The van der Waals surface area contributed by atoms with Crippen LogP contribution in [0.2, 0.25) is 5.02 Å². The maximum Gasteiger partial charge on any atom is 0.243 e.